The van der Waals surface area contributed by atoms with E-state index in [-0.39, 0.29) is 17.4 Å². The standard InChI is InChI=1S/C12H12N2O4S/c13-4-5-19-8-11(15)14-9-2-1-3-10(6-9)18-7-12(16)17/h1-3,6H,5,7-8H2,(H,14,15)(H,16,17). The summed E-state index contributed by atoms with van der Waals surface area (Å²) in [6.45, 7) is -0.435. The highest BCUT2D eigenvalue weighted by atomic mass is 32.2. The summed E-state index contributed by atoms with van der Waals surface area (Å²) >= 11 is 1.22. The van der Waals surface area contributed by atoms with E-state index in [0.717, 1.165) is 0 Å². The first kappa shape index (κ1) is 14.9. The van der Waals surface area contributed by atoms with Gasteiger partial charge >= 0.3 is 5.97 Å². The molecule has 0 aliphatic carbocycles. The molecule has 1 aromatic carbocycles. The van der Waals surface area contributed by atoms with E-state index in [1.54, 1.807) is 18.2 Å². The number of nitriles is 1. The van der Waals surface area contributed by atoms with Crippen LogP contribution in [0.3, 0.4) is 0 Å². The van der Waals surface area contributed by atoms with Crippen LogP contribution in [0.25, 0.3) is 0 Å². The Morgan fingerprint density at radius 1 is 1.47 bits per heavy atom. The van der Waals surface area contributed by atoms with Crippen LogP contribution in [0.5, 0.6) is 5.75 Å². The fourth-order valence-corrected chi connectivity index (χ4v) is 1.65. The molecule has 0 saturated heterocycles. The molecule has 0 fully saturated rings. The molecule has 0 aromatic heterocycles. The summed E-state index contributed by atoms with van der Waals surface area (Å²) in [4.78, 5) is 21.8. The van der Waals surface area contributed by atoms with Gasteiger partial charge in [-0.15, -0.1) is 11.8 Å². The van der Waals surface area contributed by atoms with Crippen molar-refractivity contribution in [2.24, 2.45) is 0 Å². The maximum absolute atomic E-state index is 11.5. The quantitative estimate of drug-likeness (QED) is 0.731. The molecular weight excluding hydrogens is 268 g/mol. The van der Waals surface area contributed by atoms with Gasteiger partial charge in [-0.25, -0.2) is 4.79 Å². The zero-order valence-electron chi connectivity index (χ0n) is 9.96. The van der Waals surface area contributed by atoms with Gasteiger partial charge in [0.25, 0.3) is 0 Å². The summed E-state index contributed by atoms with van der Waals surface area (Å²) < 4.78 is 4.99. The van der Waals surface area contributed by atoms with E-state index in [9.17, 15) is 9.59 Å². The van der Waals surface area contributed by atoms with Gasteiger partial charge in [-0.05, 0) is 12.1 Å². The molecule has 0 radical (unpaired) electrons. The summed E-state index contributed by atoms with van der Waals surface area (Å²) in [5, 5.41) is 19.5. The lowest BCUT2D eigenvalue weighted by Crippen LogP contribution is -2.14. The fourth-order valence-electron chi connectivity index (χ4n) is 1.20. The number of carbonyl (C=O) groups is 2. The van der Waals surface area contributed by atoms with E-state index in [0.29, 0.717) is 11.4 Å². The lowest BCUT2D eigenvalue weighted by molar-refractivity contribution is -0.139. The molecule has 6 nitrogen and oxygen atoms in total. The molecule has 2 N–H and O–H groups in total. The predicted octanol–water partition coefficient (Wildman–Crippen LogP) is 1.35. The number of anilines is 1. The van der Waals surface area contributed by atoms with Crippen molar-refractivity contribution in [1.82, 2.24) is 0 Å². The van der Waals surface area contributed by atoms with Gasteiger partial charge in [0, 0.05) is 11.8 Å². The van der Waals surface area contributed by atoms with E-state index in [2.05, 4.69) is 5.32 Å². The van der Waals surface area contributed by atoms with Crippen LogP contribution in [-0.4, -0.2) is 35.1 Å². The molecule has 0 saturated carbocycles. The molecule has 0 aliphatic rings. The number of hydrogen-bond donors (Lipinski definition) is 2. The average Bonchev–Trinajstić information content (AvgIpc) is 2.37. The fraction of sp³-hybridized carbons (Fsp3) is 0.250. The summed E-state index contributed by atoms with van der Waals surface area (Å²) in [5.74, 6) is -0.481. The normalized spacial score (nSPS) is 9.42. The molecule has 1 aromatic rings. The Hall–Kier alpha value is -2.20. The first-order valence-corrected chi connectivity index (χ1v) is 6.46. The SMILES string of the molecule is N#CCSCC(=O)Nc1cccc(OCC(=O)O)c1. The molecule has 0 aliphatic heterocycles. The molecule has 0 atom stereocenters. The Balaban J connectivity index is 2.49. The third kappa shape index (κ3) is 6.33. The van der Waals surface area contributed by atoms with Crippen LogP contribution < -0.4 is 10.1 Å². The first-order valence-electron chi connectivity index (χ1n) is 5.31. The van der Waals surface area contributed by atoms with Crippen LogP contribution in [-0.2, 0) is 9.59 Å². The van der Waals surface area contributed by atoms with Crippen LogP contribution >= 0.6 is 11.8 Å². The molecule has 1 rings (SSSR count). The van der Waals surface area contributed by atoms with Crippen LogP contribution in [0, 0.1) is 11.3 Å². The monoisotopic (exact) mass is 280 g/mol. The number of rotatable bonds is 7. The number of benzene rings is 1. The molecule has 0 heterocycles. The second kappa shape index (κ2) is 8.00. The van der Waals surface area contributed by atoms with Gasteiger partial charge in [0.15, 0.2) is 6.61 Å². The third-order valence-electron chi connectivity index (χ3n) is 1.88. The van der Waals surface area contributed by atoms with Gasteiger partial charge < -0.3 is 15.2 Å². The van der Waals surface area contributed by atoms with Crippen LogP contribution in [0.1, 0.15) is 0 Å². The largest absolute Gasteiger partial charge is 0.482 e. The minimum Gasteiger partial charge on any atom is -0.482 e. The Bertz CT molecular complexity index is 499. The van der Waals surface area contributed by atoms with Crippen molar-refractivity contribution in [2.75, 3.05) is 23.4 Å². The van der Waals surface area contributed by atoms with Crippen molar-refractivity contribution in [1.29, 1.82) is 5.26 Å². The molecule has 100 valence electrons. The van der Waals surface area contributed by atoms with Crippen molar-refractivity contribution in [3.05, 3.63) is 24.3 Å². The van der Waals surface area contributed by atoms with Crippen molar-refractivity contribution >= 4 is 29.3 Å². The number of amides is 1. The Labute approximate surface area is 114 Å². The third-order valence-corrected chi connectivity index (χ3v) is 2.68. The minimum atomic E-state index is -1.07. The summed E-state index contributed by atoms with van der Waals surface area (Å²) in [5.41, 5.74) is 0.519. The predicted molar refractivity (Wildman–Crippen MR) is 71.1 cm³/mol. The van der Waals surface area contributed by atoms with E-state index >= 15 is 0 Å². The number of hydrogen-bond acceptors (Lipinski definition) is 5. The lowest BCUT2D eigenvalue weighted by Gasteiger charge is -2.07. The zero-order chi connectivity index (χ0) is 14.1. The molecule has 0 spiro atoms. The van der Waals surface area contributed by atoms with Crippen molar-refractivity contribution < 1.29 is 19.4 Å². The van der Waals surface area contributed by atoms with Crippen LogP contribution in [0.4, 0.5) is 5.69 Å². The molecule has 1 amide bonds. The van der Waals surface area contributed by atoms with Gasteiger partial charge in [0.05, 0.1) is 17.6 Å². The molecule has 19 heavy (non-hydrogen) atoms. The van der Waals surface area contributed by atoms with Gasteiger partial charge in [0.2, 0.25) is 5.91 Å². The summed E-state index contributed by atoms with van der Waals surface area (Å²) in [7, 11) is 0. The maximum atomic E-state index is 11.5. The van der Waals surface area contributed by atoms with Crippen molar-refractivity contribution in [3.63, 3.8) is 0 Å². The zero-order valence-corrected chi connectivity index (χ0v) is 10.8. The highest BCUT2D eigenvalue weighted by Gasteiger charge is 2.04. The highest BCUT2D eigenvalue weighted by molar-refractivity contribution is 8.00. The Morgan fingerprint density at radius 3 is 2.95 bits per heavy atom. The van der Waals surface area contributed by atoms with E-state index in [1.165, 1.54) is 17.8 Å². The number of nitrogens with one attached hydrogen (secondary N) is 1. The van der Waals surface area contributed by atoms with Crippen molar-refractivity contribution in [2.45, 2.75) is 0 Å². The summed E-state index contributed by atoms with van der Waals surface area (Å²) in [6.07, 6.45) is 0. The maximum Gasteiger partial charge on any atom is 0.341 e. The number of ether oxygens (including phenoxy) is 1. The van der Waals surface area contributed by atoms with E-state index in [1.807, 2.05) is 6.07 Å². The number of carboxylic acids is 1. The Morgan fingerprint density at radius 2 is 2.26 bits per heavy atom. The Kier molecular flexibility index (Phi) is 6.26. The van der Waals surface area contributed by atoms with Gasteiger partial charge in [0.1, 0.15) is 5.75 Å². The van der Waals surface area contributed by atoms with Gasteiger partial charge in [-0.1, -0.05) is 6.07 Å². The van der Waals surface area contributed by atoms with Gasteiger partial charge in [-0.2, -0.15) is 5.26 Å². The molecule has 0 unspecified atom stereocenters. The smallest absolute Gasteiger partial charge is 0.341 e. The van der Waals surface area contributed by atoms with Crippen molar-refractivity contribution in [3.8, 4) is 11.8 Å². The summed E-state index contributed by atoms with van der Waals surface area (Å²) in [6, 6.07) is 8.38. The van der Waals surface area contributed by atoms with Crippen LogP contribution in [0.15, 0.2) is 24.3 Å². The molecular formula is C12H12N2O4S. The second-order valence-corrected chi connectivity index (χ2v) is 4.39. The molecule has 0 bridgehead atoms. The second-order valence-electron chi connectivity index (χ2n) is 3.41. The molecule has 7 heteroatoms. The van der Waals surface area contributed by atoms with Crippen LogP contribution in [0.2, 0.25) is 0 Å². The average molecular weight is 280 g/mol. The topological polar surface area (TPSA) is 99.4 Å². The van der Waals surface area contributed by atoms with E-state index in [4.69, 9.17) is 15.1 Å². The van der Waals surface area contributed by atoms with E-state index < -0.39 is 12.6 Å². The minimum absolute atomic E-state index is 0.188. The number of aliphatic carboxylic acids is 1. The number of nitrogens with zero attached hydrogens (tertiary/aromatic N) is 1. The lowest BCUT2D eigenvalue weighted by atomic mass is 10.3. The number of thioether (sulfide) groups is 1. The van der Waals surface area contributed by atoms with Gasteiger partial charge in [-0.3, -0.25) is 4.79 Å². The number of carboxylic acid groups (broad SMARTS) is 1. The number of carbonyl (C=O) groups excluding carboxylic acids is 1. The highest BCUT2D eigenvalue weighted by Crippen LogP contribution is 2.17. The first-order chi connectivity index (χ1) is 9.11.